The number of aliphatic carboxylic acids is 1. The van der Waals surface area contributed by atoms with Crippen LogP contribution in [0.2, 0.25) is 0 Å². The predicted octanol–water partition coefficient (Wildman–Crippen LogP) is 0.607. The van der Waals surface area contributed by atoms with E-state index in [1.165, 1.54) is 0 Å². The number of nitrogens with one attached hydrogen (secondary N) is 1. The molecule has 1 saturated heterocycles. The summed E-state index contributed by atoms with van der Waals surface area (Å²) in [4.78, 5) is 24.9. The molecule has 0 saturated carbocycles. The first-order chi connectivity index (χ1) is 8.02. The molecule has 17 heavy (non-hydrogen) atoms. The van der Waals surface area contributed by atoms with E-state index in [0.29, 0.717) is 12.3 Å². The summed E-state index contributed by atoms with van der Waals surface area (Å²) < 4.78 is 0. The molecular weight excluding hydrogens is 240 g/mol. The minimum atomic E-state index is -0.904. The largest absolute Gasteiger partial charge is 0.480 e. The highest BCUT2D eigenvalue weighted by molar-refractivity contribution is 8.00. The topological polar surface area (TPSA) is 69.6 Å². The molecule has 0 aliphatic carbocycles. The minimum Gasteiger partial charge on any atom is -0.480 e. The standard InChI is InChI=1S/C11H20N2O3S/c1-4-9-13(8(6-17-9)11(15)16)10(14)7(2)5-12-3/h7-9,12H,4-6H2,1-3H3,(H,15,16). The maximum absolute atomic E-state index is 12.2. The van der Waals surface area contributed by atoms with Crippen molar-refractivity contribution in [3.8, 4) is 0 Å². The molecule has 6 heteroatoms. The van der Waals surface area contributed by atoms with Crippen LogP contribution in [-0.4, -0.2) is 52.6 Å². The third kappa shape index (κ3) is 3.13. The summed E-state index contributed by atoms with van der Waals surface area (Å²) in [5.41, 5.74) is 0. The van der Waals surface area contributed by atoms with Crippen molar-refractivity contribution < 1.29 is 14.7 Å². The van der Waals surface area contributed by atoms with E-state index in [1.54, 1.807) is 23.7 Å². The van der Waals surface area contributed by atoms with Crippen LogP contribution in [0.15, 0.2) is 0 Å². The van der Waals surface area contributed by atoms with Crippen LogP contribution in [0.1, 0.15) is 20.3 Å². The Morgan fingerprint density at radius 2 is 2.24 bits per heavy atom. The number of rotatable bonds is 5. The molecular formula is C11H20N2O3S. The van der Waals surface area contributed by atoms with Crippen LogP contribution in [-0.2, 0) is 9.59 Å². The van der Waals surface area contributed by atoms with Gasteiger partial charge < -0.3 is 15.3 Å². The smallest absolute Gasteiger partial charge is 0.327 e. The molecule has 0 aromatic carbocycles. The summed E-state index contributed by atoms with van der Waals surface area (Å²) in [6, 6.07) is -0.670. The third-order valence-electron chi connectivity index (χ3n) is 2.91. The second-order valence-corrected chi connectivity index (χ2v) is 5.47. The van der Waals surface area contributed by atoms with Crippen LogP contribution >= 0.6 is 11.8 Å². The average Bonchev–Trinajstić information content (AvgIpc) is 2.71. The van der Waals surface area contributed by atoms with Gasteiger partial charge in [0.15, 0.2) is 0 Å². The van der Waals surface area contributed by atoms with Gasteiger partial charge in [-0.15, -0.1) is 11.8 Å². The molecule has 1 rings (SSSR count). The van der Waals surface area contributed by atoms with Gasteiger partial charge in [-0.05, 0) is 13.5 Å². The van der Waals surface area contributed by atoms with Crippen LogP contribution in [0.3, 0.4) is 0 Å². The van der Waals surface area contributed by atoms with Crippen molar-refractivity contribution in [2.75, 3.05) is 19.3 Å². The molecule has 1 amide bonds. The molecule has 0 aromatic heterocycles. The number of carboxylic acid groups (broad SMARTS) is 1. The molecule has 2 N–H and O–H groups in total. The summed E-state index contributed by atoms with van der Waals surface area (Å²) in [6.07, 6.45) is 0.784. The van der Waals surface area contributed by atoms with Crippen molar-refractivity contribution in [3.63, 3.8) is 0 Å². The quantitative estimate of drug-likeness (QED) is 0.758. The Morgan fingerprint density at radius 3 is 2.71 bits per heavy atom. The van der Waals surface area contributed by atoms with Crippen LogP contribution in [0.5, 0.6) is 0 Å². The summed E-state index contributed by atoms with van der Waals surface area (Å²) in [7, 11) is 1.79. The van der Waals surface area contributed by atoms with E-state index < -0.39 is 12.0 Å². The van der Waals surface area contributed by atoms with Gasteiger partial charge in [0.05, 0.1) is 5.37 Å². The number of carbonyl (C=O) groups excluding carboxylic acids is 1. The number of carboxylic acids is 1. The first kappa shape index (κ1) is 14.3. The van der Waals surface area contributed by atoms with E-state index >= 15 is 0 Å². The van der Waals surface area contributed by atoms with E-state index in [-0.39, 0.29) is 17.2 Å². The maximum Gasteiger partial charge on any atom is 0.327 e. The fourth-order valence-corrected chi connectivity index (χ4v) is 3.37. The van der Waals surface area contributed by atoms with Gasteiger partial charge in [-0.3, -0.25) is 4.79 Å². The molecule has 5 nitrogen and oxygen atoms in total. The molecule has 1 fully saturated rings. The molecule has 3 unspecified atom stereocenters. The first-order valence-corrected chi connectivity index (χ1v) is 6.89. The highest BCUT2D eigenvalue weighted by Gasteiger charge is 2.41. The number of hydrogen-bond acceptors (Lipinski definition) is 4. The highest BCUT2D eigenvalue weighted by Crippen LogP contribution is 2.32. The Kier molecular flexibility index (Phi) is 5.27. The fourth-order valence-electron chi connectivity index (χ4n) is 2.01. The monoisotopic (exact) mass is 260 g/mol. The van der Waals surface area contributed by atoms with Gasteiger partial charge in [0.1, 0.15) is 6.04 Å². The summed E-state index contributed by atoms with van der Waals surface area (Å²) in [5.74, 6) is -0.664. The van der Waals surface area contributed by atoms with Crippen molar-refractivity contribution in [2.24, 2.45) is 5.92 Å². The number of nitrogens with zero attached hydrogens (tertiary/aromatic N) is 1. The van der Waals surface area contributed by atoms with Crippen LogP contribution in [0.4, 0.5) is 0 Å². The lowest BCUT2D eigenvalue weighted by atomic mass is 10.1. The van der Waals surface area contributed by atoms with E-state index in [1.807, 2.05) is 13.8 Å². The number of carbonyl (C=O) groups is 2. The fraction of sp³-hybridized carbons (Fsp3) is 0.818. The van der Waals surface area contributed by atoms with Crippen LogP contribution in [0, 0.1) is 5.92 Å². The van der Waals surface area contributed by atoms with Crippen molar-refractivity contribution in [2.45, 2.75) is 31.7 Å². The predicted molar refractivity (Wildman–Crippen MR) is 67.9 cm³/mol. The Hall–Kier alpha value is -0.750. The molecule has 3 atom stereocenters. The molecule has 1 aliphatic rings. The Labute approximate surface area is 106 Å². The van der Waals surface area contributed by atoms with E-state index in [2.05, 4.69) is 5.32 Å². The summed E-state index contributed by atoms with van der Waals surface area (Å²) in [6.45, 7) is 4.38. The zero-order valence-corrected chi connectivity index (χ0v) is 11.3. The lowest BCUT2D eigenvalue weighted by molar-refractivity contribution is -0.150. The normalized spacial score (nSPS) is 25.9. The van der Waals surface area contributed by atoms with Crippen molar-refractivity contribution in [1.82, 2.24) is 10.2 Å². The van der Waals surface area contributed by atoms with Crippen molar-refractivity contribution in [1.29, 1.82) is 0 Å². The highest BCUT2D eigenvalue weighted by atomic mass is 32.2. The van der Waals surface area contributed by atoms with Gasteiger partial charge in [-0.25, -0.2) is 4.79 Å². The number of thioether (sulfide) groups is 1. The maximum atomic E-state index is 12.2. The molecule has 1 heterocycles. The van der Waals surface area contributed by atoms with E-state index in [4.69, 9.17) is 5.11 Å². The molecule has 98 valence electrons. The molecule has 0 spiro atoms. The lowest BCUT2D eigenvalue weighted by Crippen LogP contribution is -2.48. The van der Waals surface area contributed by atoms with Gasteiger partial charge in [0.2, 0.25) is 5.91 Å². The van der Waals surface area contributed by atoms with E-state index in [0.717, 1.165) is 6.42 Å². The minimum absolute atomic E-state index is 0.00269. The summed E-state index contributed by atoms with van der Waals surface area (Å²) in [5, 5.41) is 12.1. The van der Waals surface area contributed by atoms with Crippen LogP contribution in [0.25, 0.3) is 0 Å². The van der Waals surface area contributed by atoms with Crippen molar-refractivity contribution >= 4 is 23.6 Å². The van der Waals surface area contributed by atoms with Crippen molar-refractivity contribution in [3.05, 3.63) is 0 Å². The van der Waals surface area contributed by atoms with Crippen LogP contribution < -0.4 is 5.32 Å². The molecule has 0 aromatic rings. The van der Waals surface area contributed by atoms with Gasteiger partial charge in [0, 0.05) is 18.2 Å². The Morgan fingerprint density at radius 1 is 1.59 bits per heavy atom. The van der Waals surface area contributed by atoms with Gasteiger partial charge in [-0.2, -0.15) is 0 Å². The van der Waals surface area contributed by atoms with E-state index in [9.17, 15) is 9.59 Å². The number of hydrogen-bond donors (Lipinski definition) is 2. The Balaban J connectivity index is 2.81. The average molecular weight is 260 g/mol. The third-order valence-corrected chi connectivity index (χ3v) is 4.37. The lowest BCUT2D eigenvalue weighted by Gasteiger charge is -2.29. The second-order valence-electron chi connectivity index (χ2n) is 4.25. The van der Waals surface area contributed by atoms with Gasteiger partial charge in [-0.1, -0.05) is 13.8 Å². The van der Waals surface area contributed by atoms with Gasteiger partial charge >= 0.3 is 5.97 Å². The molecule has 0 bridgehead atoms. The number of amides is 1. The Bertz CT molecular complexity index is 298. The first-order valence-electron chi connectivity index (χ1n) is 5.84. The SMILES string of the molecule is CCC1SCC(C(=O)O)N1C(=O)C(C)CNC. The molecule has 0 radical (unpaired) electrons. The molecule has 1 aliphatic heterocycles. The van der Waals surface area contributed by atoms with Gasteiger partial charge in [0.25, 0.3) is 0 Å². The summed E-state index contributed by atoms with van der Waals surface area (Å²) >= 11 is 1.55. The zero-order valence-electron chi connectivity index (χ0n) is 10.5. The zero-order chi connectivity index (χ0) is 13.0. The second kappa shape index (κ2) is 6.26.